The monoisotopic (exact) mass is 270 g/mol. The summed E-state index contributed by atoms with van der Waals surface area (Å²) in [6, 6.07) is 0. The summed E-state index contributed by atoms with van der Waals surface area (Å²) in [4.78, 5) is 0. The van der Waals surface area contributed by atoms with E-state index in [1.165, 1.54) is 77.0 Å². The Balaban J connectivity index is 4.38. The normalized spacial score (nSPS) is 12.0. The zero-order valence-electron chi connectivity index (χ0n) is 13.8. The molecule has 0 radical (unpaired) electrons. The molecule has 0 amide bonds. The van der Waals surface area contributed by atoms with Gasteiger partial charge in [-0.3, -0.25) is 0 Å². The van der Waals surface area contributed by atoms with Crippen molar-refractivity contribution in [1.82, 2.24) is 0 Å². The van der Waals surface area contributed by atoms with Crippen LogP contribution in [0.3, 0.4) is 0 Å². The maximum Gasteiger partial charge on any atom is 0.0431 e. The third kappa shape index (κ3) is 9.49. The van der Waals surface area contributed by atoms with Crippen LogP contribution >= 0.6 is 0 Å². The Morgan fingerprint density at radius 1 is 0.579 bits per heavy atom. The van der Waals surface area contributed by atoms with E-state index >= 15 is 0 Å². The van der Waals surface area contributed by atoms with Gasteiger partial charge in [0, 0.05) is 6.61 Å². The van der Waals surface area contributed by atoms with Crippen LogP contribution in [0.25, 0.3) is 0 Å². The third-order valence-electron chi connectivity index (χ3n) is 4.55. The Kier molecular flexibility index (Phi) is 12.9. The average Bonchev–Trinajstić information content (AvgIpc) is 2.44. The number of aliphatic hydroxyl groups is 1. The van der Waals surface area contributed by atoms with Crippen molar-refractivity contribution >= 4 is 0 Å². The Hall–Kier alpha value is -0.0400. The van der Waals surface area contributed by atoms with E-state index in [-0.39, 0.29) is 0 Å². The number of unbranched alkanes of at least 4 members (excludes halogenated alkanes) is 5. The van der Waals surface area contributed by atoms with Crippen LogP contribution in [0.2, 0.25) is 0 Å². The predicted octanol–water partition coefficient (Wildman–Crippen LogP) is 6.10. The Bertz CT molecular complexity index is 155. The van der Waals surface area contributed by atoms with E-state index in [1.807, 2.05) is 0 Å². The van der Waals surface area contributed by atoms with Gasteiger partial charge in [0.25, 0.3) is 0 Å². The summed E-state index contributed by atoms with van der Waals surface area (Å²) in [6.07, 6.45) is 17.3. The van der Waals surface area contributed by atoms with Gasteiger partial charge in [-0.1, -0.05) is 72.1 Å². The van der Waals surface area contributed by atoms with Crippen LogP contribution in [-0.4, -0.2) is 11.7 Å². The first-order valence-corrected chi connectivity index (χ1v) is 8.85. The molecule has 1 N–H and O–H groups in total. The van der Waals surface area contributed by atoms with Gasteiger partial charge >= 0.3 is 0 Å². The summed E-state index contributed by atoms with van der Waals surface area (Å²) < 4.78 is 0. The lowest BCUT2D eigenvalue weighted by atomic mass is 9.71. The Labute approximate surface area is 122 Å². The molecule has 0 aromatic rings. The lowest BCUT2D eigenvalue weighted by Crippen LogP contribution is -2.22. The van der Waals surface area contributed by atoms with Gasteiger partial charge in [-0.2, -0.15) is 0 Å². The standard InChI is InChI=1S/C18H38O/c1-4-7-10-11-15-18(13-8-5-2,14-9-6-3)16-12-17-19/h19H,4-17H2,1-3H3. The van der Waals surface area contributed by atoms with Crippen LogP contribution in [0.5, 0.6) is 0 Å². The van der Waals surface area contributed by atoms with Crippen LogP contribution in [0.15, 0.2) is 0 Å². The first-order valence-electron chi connectivity index (χ1n) is 8.85. The molecular formula is C18H38O. The molecule has 1 heteroatoms. The molecule has 0 saturated heterocycles. The fourth-order valence-corrected chi connectivity index (χ4v) is 3.23. The average molecular weight is 271 g/mol. The molecule has 116 valence electrons. The molecule has 0 aromatic heterocycles. The van der Waals surface area contributed by atoms with Gasteiger partial charge in [0.15, 0.2) is 0 Å². The minimum absolute atomic E-state index is 0.370. The number of rotatable bonds is 14. The van der Waals surface area contributed by atoms with Gasteiger partial charge in [0.1, 0.15) is 0 Å². The minimum Gasteiger partial charge on any atom is -0.396 e. The quantitative estimate of drug-likeness (QED) is 0.378. The number of aliphatic hydroxyl groups excluding tert-OH is 1. The summed E-state index contributed by atoms with van der Waals surface area (Å²) in [5.74, 6) is 0. The second kappa shape index (κ2) is 13.0. The Morgan fingerprint density at radius 2 is 1.05 bits per heavy atom. The number of hydrogen-bond donors (Lipinski definition) is 1. The van der Waals surface area contributed by atoms with E-state index in [1.54, 1.807) is 0 Å². The molecule has 0 aliphatic rings. The van der Waals surface area contributed by atoms with Crippen LogP contribution in [0.1, 0.15) is 104 Å². The van der Waals surface area contributed by atoms with Crippen molar-refractivity contribution < 1.29 is 5.11 Å². The van der Waals surface area contributed by atoms with Crippen molar-refractivity contribution in [2.45, 2.75) is 104 Å². The minimum atomic E-state index is 0.370. The molecule has 19 heavy (non-hydrogen) atoms. The molecule has 0 bridgehead atoms. The maximum absolute atomic E-state index is 9.19. The first-order chi connectivity index (χ1) is 9.24. The fraction of sp³-hybridized carbons (Fsp3) is 1.00. The maximum atomic E-state index is 9.19. The molecule has 0 aromatic carbocycles. The second-order valence-electron chi connectivity index (χ2n) is 6.34. The summed E-state index contributed by atoms with van der Waals surface area (Å²) >= 11 is 0. The van der Waals surface area contributed by atoms with E-state index in [2.05, 4.69) is 20.8 Å². The summed E-state index contributed by atoms with van der Waals surface area (Å²) in [6.45, 7) is 7.25. The van der Waals surface area contributed by atoms with Crippen LogP contribution in [0.4, 0.5) is 0 Å². The molecule has 0 aliphatic carbocycles. The van der Waals surface area contributed by atoms with E-state index < -0.39 is 0 Å². The smallest absolute Gasteiger partial charge is 0.0431 e. The topological polar surface area (TPSA) is 20.2 Å². The second-order valence-corrected chi connectivity index (χ2v) is 6.34. The van der Waals surface area contributed by atoms with Gasteiger partial charge in [0.2, 0.25) is 0 Å². The van der Waals surface area contributed by atoms with Gasteiger partial charge in [0.05, 0.1) is 0 Å². The lowest BCUT2D eigenvalue weighted by Gasteiger charge is -2.34. The van der Waals surface area contributed by atoms with E-state index in [9.17, 15) is 5.11 Å². The first kappa shape index (κ1) is 19.0. The molecule has 0 saturated carbocycles. The molecule has 0 unspecified atom stereocenters. The van der Waals surface area contributed by atoms with Crippen molar-refractivity contribution in [2.75, 3.05) is 6.61 Å². The van der Waals surface area contributed by atoms with Crippen molar-refractivity contribution in [3.8, 4) is 0 Å². The zero-order chi connectivity index (χ0) is 14.4. The van der Waals surface area contributed by atoms with Crippen molar-refractivity contribution in [3.63, 3.8) is 0 Å². The van der Waals surface area contributed by atoms with E-state index in [4.69, 9.17) is 0 Å². The van der Waals surface area contributed by atoms with Crippen LogP contribution in [-0.2, 0) is 0 Å². The SMILES string of the molecule is CCCCCCC(CCCC)(CCCC)CCCO. The number of hydrogen-bond acceptors (Lipinski definition) is 1. The zero-order valence-corrected chi connectivity index (χ0v) is 13.8. The largest absolute Gasteiger partial charge is 0.396 e. The third-order valence-corrected chi connectivity index (χ3v) is 4.55. The van der Waals surface area contributed by atoms with Gasteiger partial charge in [-0.15, -0.1) is 0 Å². The molecular weight excluding hydrogens is 232 g/mol. The predicted molar refractivity (Wildman–Crippen MR) is 86.6 cm³/mol. The molecule has 0 spiro atoms. The van der Waals surface area contributed by atoms with Gasteiger partial charge < -0.3 is 5.11 Å². The van der Waals surface area contributed by atoms with E-state index in [0.717, 1.165) is 6.42 Å². The van der Waals surface area contributed by atoms with Gasteiger partial charge in [-0.25, -0.2) is 0 Å². The Morgan fingerprint density at radius 3 is 1.53 bits per heavy atom. The highest BCUT2D eigenvalue weighted by atomic mass is 16.2. The van der Waals surface area contributed by atoms with Gasteiger partial charge in [-0.05, 0) is 37.5 Å². The van der Waals surface area contributed by atoms with Crippen LogP contribution in [0, 0.1) is 5.41 Å². The summed E-state index contributed by atoms with van der Waals surface area (Å²) in [5, 5.41) is 9.19. The molecule has 0 atom stereocenters. The summed E-state index contributed by atoms with van der Waals surface area (Å²) in [7, 11) is 0. The molecule has 0 rings (SSSR count). The molecule has 1 nitrogen and oxygen atoms in total. The highest BCUT2D eigenvalue weighted by molar-refractivity contribution is 4.79. The van der Waals surface area contributed by atoms with Crippen LogP contribution < -0.4 is 0 Å². The fourth-order valence-electron chi connectivity index (χ4n) is 3.23. The van der Waals surface area contributed by atoms with Crippen molar-refractivity contribution in [2.24, 2.45) is 5.41 Å². The molecule has 0 fully saturated rings. The highest BCUT2D eigenvalue weighted by Crippen LogP contribution is 2.41. The highest BCUT2D eigenvalue weighted by Gasteiger charge is 2.27. The van der Waals surface area contributed by atoms with E-state index in [0.29, 0.717) is 12.0 Å². The van der Waals surface area contributed by atoms with Crippen molar-refractivity contribution in [1.29, 1.82) is 0 Å². The molecule has 0 heterocycles. The molecule has 0 aliphatic heterocycles. The van der Waals surface area contributed by atoms with Crippen molar-refractivity contribution in [3.05, 3.63) is 0 Å². The lowest BCUT2D eigenvalue weighted by molar-refractivity contribution is 0.157. The summed E-state index contributed by atoms with van der Waals surface area (Å²) in [5.41, 5.74) is 0.544.